The Morgan fingerprint density at radius 3 is 2.44 bits per heavy atom. The summed E-state index contributed by atoms with van der Waals surface area (Å²) < 4.78 is 0.763. The first-order valence-electron chi connectivity index (χ1n) is 10.7. The molecule has 7 nitrogen and oxygen atoms in total. The van der Waals surface area contributed by atoms with Gasteiger partial charge in [0.05, 0.1) is 18.3 Å². The Hall–Kier alpha value is -3.20. The van der Waals surface area contributed by atoms with Crippen LogP contribution in [0.5, 0.6) is 0 Å². The minimum atomic E-state index is -1.53. The first-order chi connectivity index (χ1) is 16.4. The number of urea groups is 1. The van der Waals surface area contributed by atoms with Crippen molar-refractivity contribution in [2.45, 2.75) is 24.3 Å². The third-order valence-corrected chi connectivity index (χ3v) is 7.39. The number of anilines is 1. The number of nitrogens with zero attached hydrogens (tertiary/aromatic N) is 2. The molecule has 9 heteroatoms. The lowest BCUT2D eigenvalue weighted by Crippen LogP contribution is -2.57. The zero-order valence-electron chi connectivity index (χ0n) is 17.7. The number of nitrogens with one attached hydrogen (secondary N) is 2. The number of fused-ring (bicyclic) bond motifs is 4. The van der Waals surface area contributed by atoms with E-state index in [1.54, 1.807) is 29.2 Å². The van der Waals surface area contributed by atoms with E-state index >= 15 is 0 Å². The maximum atomic E-state index is 14.2. The van der Waals surface area contributed by atoms with Crippen molar-refractivity contribution in [3.8, 4) is 0 Å². The van der Waals surface area contributed by atoms with Gasteiger partial charge in [-0.05, 0) is 41.5 Å². The van der Waals surface area contributed by atoms with Crippen LogP contribution in [0.1, 0.15) is 22.7 Å². The van der Waals surface area contributed by atoms with Gasteiger partial charge < -0.3 is 4.90 Å². The minimum absolute atomic E-state index is 0.309. The summed E-state index contributed by atoms with van der Waals surface area (Å²) in [5.74, 6) is -0.754. The van der Waals surface area contributed by atoms with Gasteiger partial charge in [0.2, 0.25) is 5.66 Å². The minimum Gasteiger partial charge on any atom is -0.304 e. The smallest absolute Gasteiger partial charge is 0.304 e. The predicted octanol–water partition coefficient (Wildman–Crippen LogP) is 4.07. The number of amides is 4. The van der Waals surface area contributed by atoms with Gasteiger partial charge in [-0.1, -0.05) is 70.0 Å². The number of carbonyl (C=O) groups excluding carboxylic acids is 3. The van der Waals surface area contributed by atoms with Crippen LogP contribution in [0.2, 0.25) is 5.02 Å². The lowest BCUT2D eigenvalue weighted by Gasteiger charge is -2.32. The average molecular weight is 538 g/mol. The number of benzene rings is 3. The summed E-state index contributed by atoms with van der Waals surface area (Å²) in [7, 11) is 0. The normalized spacial score (nSPS) is 25.2. The molecule has 3 heterocycles. The number of halogens is 2. The van der Waals surface area contributed by atoms with Crippen molar-refractivity contribution in [3.63, 3.8) is 0 Å². The molecule has 2 N–H and O–H groups in total. The van der Waals surface area contributed by atoms with Gasteiger partial charge in [0.15, 0.2) is 0 Å². The maximum Gasteiger partial charge on any atom is 0.327 e. The van der Waals surface area contributed by atoms with Gasteiger partial charge >= 0.3 is 6.03 Å². The van der Waals surface area contributed by atoms with E-state index in [0.29, 0.717) is 22.8 Å². The van der Waals surface area contributed by atoms with Gasteiger partial charge in [-0.25, -0.2) is 4.79 Å². The Balaban J connectivity index is 1.52. The average Bonchev–Trinajstić information content (AvgIpc) is 3.42. The Labute approximate surface area is 208 Å². The molecule has 34 heavy (non-hydrogen) atoms. The highest BCUT2D eigenvalue weighted by Crippen LogP contribution is 2.52. The second-order valence-corrected chi connectivity index (χ2v) is 9.88. The molecule has 3 aromatic rings. The van der Waals surface area contributed by atoms with Crippen LogP contribution >= 0.6 is 27.5 Å². The summed E-state index contributed by atoms with van der Waals surface area (Å²) in [5.41, 5.74) is 1.49. The molecule has 3 aliphatic rings. The lowest BCUT2D eigenvalue weighted by molar-refractivity contribution is -0.129. The summed E-state index contributed by atoms with van der Waals surface area (Å²) in [6.07, 6.45) is 0. The van der Waals surface area contributed by atoms with Crippen molar-refractivity contribution >= 4 is 51.1 Å². The standard InChI is InChI=1S/C25H18BrClN4O3/c26-16-8-11-19-18(12-16)25(23(33)30(19)13-14-4-2-1-3-5-14)29-20(15-6-9-17(27)10-7-15)21-22(32)28-24(34)31(21)25/h1-12,20-21,29H,13H2,(H,28,32,34)/t20-,21-,25-/m0/s1. The third kappa shape index (κ3) is 2.95. The molecule has 2 fully saturated rings. The van der Waals surface area contributed by atoms with Gasteiger partial charge in [-0.2, -0.15) is 0 Å². The Kier molecular flexibility index (Phi) is 4.81. The molecule has 6 rings (SSSR count). The van der Waals surface area contributed by atoms with Crippen LogP contribution in [-0.2, 0) is 21.8 Å². The van der Waals surface area contributed by atoms with Crippen molar-refractivity contribution in [1.82, 2.24) is 15.5 Å². The zero-order chi connectivity index (χ0) is 23.6. The Morgan fingerprint density at radius 1 is 0.971 bits per heavy atom. The molecular weight excluding hydrogens is 520 g/mol. The van der Waals surface area contributed by atoms with Gasteiger partial charge in [-0.15, -0.1) is 0 Å². The van der Waals surface area contributed by atoms with Crippen molar-refractivity contribution < 1.29 is 14.4 Å². The molecule has 0 bridgehead atoms. The van der Waals surface area contributed by atoms with Gasteiger partial charge in [0, 0.05) is 15.1 Å². The molecule has 0 radical (unpaired) electrons. The van der Waals surface area contributed by atoms with E-state index in [0.717, 1.165) is 15.6 Å². The van der Waals surface area contributed by atoms with Crippen LogP contribution in [0.15, 0.2) is 77.3 Å². The monoisotopic (exact) mass is 536 g/mol. The van der Waals surface area contributed by atoms with E-state index in [2.05, 4.69) is 26.6 Å². The van der Waals surface area contributed by atoms with E-state index in [4.69, 9.17) is 11.6 Å². The summed E-state index contributed by atoms with van der Waals surface area (Å²) >= 11 is 9.59. The maximum absolute atomic E-state index is 14.2. The largest absolute Gasteiger partial charge is 0.327 e. The van der Waals surface area contributed by atoms with Crippen LogP contribution in [0.25, 0.3) is 0 Å². The number of hydrogen-bond acceptors (Lipinski definition) is 4. The van der Waals surface area contributed by atoms with Crippen LogP contribution < -0.4 is 15.5 Å². The number of hydrogen-bond donors (Lipinski definition) is 2. The molecule has 3 aliphatic heterocycles. The summed E-state index contributed by atoms with van der Waals surface area (Å²) in [5, 5.41) is 6.37. The summed E-state index contributed by atoms with van der Waals surface area (Å²) in [6.45, 7) is 0.331. The second kappa shape index (κ2) is 7.66. The molecule has 170 valence electrons. The van der Waals surface area contributed by atoms with E-state index in [1.807, 2.05) is 48.5 Å². The van der Waals surface area contributed by atoms with E-state index in [1.165, 1.54) is 4.90 Å². The lowest BCUT2D eigenvalue weighted by atomic mass is 10.00. The molecule has 0 saturated carbocycles. The van der Waals surface area contributed by atoms with E-state index in [9.17, 15) is 14.4 Å². The van der Waals surface area contributed by atoms with Crippen molar-refractivity contribution in [3.05, 3.63) is 99.0 Å². The molecular formula is C25H18BrClN4O3. The molecule has 0 unspecified atom stereocenters. The van der Waals surface area contributed by atoms with Crippen LogP contribution in [0, 0.1) is 0 Å². The summed E-state index contributed by atoms with van der Waals surface area (Å²) in [4.78, 5) is 43.3. The zero-order valence-corrected chi connectivity index (χ0v) is 20.0. The second-order valence-electron chi connectivity index (χ2n) is 8.53. The van der Waals surface area contributed by atoms with Gasteiger partial charge in [0.25, 0.3) is 11.8 Å². The summed E-state index contributed by atoms with van der Waals surface area (Å²) in [6, 6.07) is 20.2. The first kappa shape index (κ1) is 21.3. The molecule has 0 aliphatic carbocycles. The van der Waals surface area contributed by atoms with Crippen LogP contribution in [0.4, 0.5) is 10.5 Å². The molecule has 3 aromatic carbocycles. The van der Waals surface area contributed by atoms with Crippen molar-refractivity contribution in [2.24, 2.45) is 0 Å². The van der Waals surface area contributed by atoms with Gasteiger partial charge in [-0.3, -0.25) is 25.1 Å². The molecule has 4 amide bonds. The highest BCUT2D eigenvalue weighted by molar-refractivity contribution is 9.10. The van der Waals surface area contributed by atoms with Crippen LogP contribution in [0.3, 0.4) is 0 Å². The topological polar surface area (TPSA) is 81.8 Å². The van der Waals surface area contributed by atoms with Gasteiger partial charge in [0.1, 0.15) is 6.04 Å². The van der Waals surface area contributed by atoms with E-state index in [-0.39, 0.29) is 5.91 Å². The van der Waals surface area contributed by atoms with Crippen molar-refractivity contribution in [1.29, 1.82) is 0 Å². The molecule has 0 aromatic heterocycles. The number of carbonyl (C=O) groups is 3. The SMILES string of the molecule is O=C1NC(=O)N2[C@H]1[C@H](c1ccc(Cl)cc1)N[C@]21C(=O)N(Cc2ccccc2)c2ccc(Br)cc21. The molecule has 3 atom stereocenters. The fourth-order valence-electron chi connectivity index (χ4n) is 5.20. The first-order valence-corrected chi connectivity index (χ1v) is 11.9. The highest BCUT2D eigenvalue weighted by Gasteiger charge is 2.68. The predicted molar refractivity (Wildman–Crippen MR) is 130 cm³/mol. The van der Waals surface area contributed by atoms with Crippen LogP contribution in [-0.4, -0.2) is 28.8 Å². The molecule has 1 spiro atoms. The number of rotatable bonds is 3. The Morgan fingerprint density at radius 2 is 1.71 bits per heavy atom. The molecule has 2 saturated heterocycles. The fraction of sp³-hybridized carbons (Fsp3) is 0.160. The Bertz CT molecular complexity index is 1350. The number of imide groups is 1. The van der Waals surface area contributed by atoms with E-state index < -0.39 is 29.7 Å². The highest BCUT2D eigenvalue weighted by atomic mass is 79.9. The third-order valence-electron chi connectivity index (χ3n) is 6.64. The quantitative estimate of drug-likeness (QED) is 0.494. The van der Waals surface area contributed by atoms with Crippen molar-refractivity contribution in [2.75, 3.05) is 4.90 Å². The fourth-order valence-corrected chi connectivity index (χ4v) is 5.69.